The number of hydrogen-bond acceptors (Lipinski definition) is 7. The van der Waals surface area contributed by atoms with Gasteiger partial charge in [0.15, 0.2) is 11.6 Å². The number of H-pyrrole nitrogens is 1. The molecule has 162 valence electrons. The van der Waals surface area contributed by atoms with Gasteiger partial charge in [-0.3, -0.25) is 15.0 Å². The molecule has 0 radical (unpaired) electrons. The fourth-order valence-electron chi connectivity index (χ4n) is 4.24. The van der Waals surface area contributed by atoms with Gasteiger partial charge in [-0.2, -0.15) is 5.10 Å². The molecule has 4 aromatic rings. The van der Waals surface area contributed by atoms with Crippen molar-refractivity contribution in [2.45, 2.75) is 24.9 Å². The fourth-order valence-corrected chi connectivity index (χ4v) is 4.24. The van der Waals surface area contributed by atoms with Crippen molar-refractivity contribution in [2.75, 3.05) is 24.1 Å². The van der Waals surface area contributed by atoms with Crippen molar-refractivity contribution < 1.29 is 0 Å². The molecule has 1 aliphatic heterocycles. The summed E-state index contributed by atoms with van der Waals surface area (Å²) in [5.41, 5.74) is 8.81. The molecule has 1 aromatic carbocycles. The molecule has 1 aliphatic rings. The van der Waals surface area contributed by atoms with Gasteiger partial charge in [0.25, 0.3) is 0 Å². The van der Waals surface area contributed by atoms with Gasteiger partial charge in [0.2, 0.25) is 0 Å². The smallest absolute Gasteiger partial charge is 0.181 e. The second-order valence-corrected chi connectivity index (χ2v) is 8.14. The molecule has 5 rings (SSSR count). The van der Waals surface area contributed by atoms with Crippen molar-refractivity contribution in [1.29, 1.82) is 0 Å². The van der Waals surface area contributed by atoms with Crippen LogP contribution >= 0.6 is 0 Å². The highest BCUT2D eigenvalue weighted by atomic mass is 15.3. The Morgan fingerprint density at radius 3 is 2.50 bits per heavy atom. The number of nitrogens with zero attached hydrogens (tertiary/aromatic N) is 5. The average molecular weight is 427 g/mol. The minimum Gasteiger partial charge on any atom is -0.383 e. The van der Waals surface area contributed by atoms with Crippen LogP contribution in [0.5, 0.6) is 0 Å². The zero-order chi connectivity index (χ0) is 21.8. The van der Waals surface area contributed by atoms with E-state index in [2.05, 4.69) is 42.5 Å². The largest absolute Gasteiger partial charge is 0.383 e. The first-order valence-corrected chi connectivity index (χ1v) is 10.8. The van der Waals surface area contributed by atoms with Gasteiger partial charge in [0.05, 0.1) is 5.54 Å². The summed E-state index contributed by atoms with van der Waals surface area (Å²) >= 11 is 0. The van der Waals surface area contributed by atoms with Crippen molar-refractivity contribution in [3.63, 3.8) is 0 Å². The van der Waals surface area contributed by atoms with E-state index in [1.807, 2.05) is 42.5 Å². The van der Waals surface area contributed by atoms with Crippen molar-refractivity contribution in [1.82, 2.24) is 30.0 Å². The van der Waals surface area contributed by atoms with Crippen LogP contribution in [0.4, 0.5) is 11.5 Å². The Balaban J connectivity index is 1.40. The van der Waals surface area contributed by atoms with Gasteiger partial charge in [-0.1, -0.05) is 24.3 Å². The van der Waals surface area contributed by atoms with Crippen molar-refractivity contribution >= 4 is 11.5 Å². The second kappa shape index (κ2) is 8.76. The molecule has 0 aliphatic carbocycles. The molecule has 3 aromatic heterocycles. The predicted octanol–water partition coefficient (Wildman–Crippen LogP) is 3.45. The molecular weight excluding hydrogens is 400 g/mol. The first kappa shape index (κ1) is 20.1. The molecule has 0 bridgehead atoms. The summed E-state index contributed by atoms with van der Waals surface area (Å²) in [5.74, 6) is 2.14. The lowest BCUT2D eigenvalue weighted by Crippen LogP contribution is -2.47. The summed E-state index contributed by atoms with van der Waals surface area (Å²) < 4.78 is 0. The van der Waals surface area contributed by atoms with Crippen LogP contribution in [0.25, 0.3) is 11.4 Å². The number of likely N-dealkylation sites (tertiary alicyclic amines) is 1. The van der Waals surface area contributed by atoms with Crippen LogP contribution in [0.15, 0.2) is 73.2 Å². The average Bonchev–Trinajstić information content (AvgIpc) is 3.34. The lowest BCUT2D eigenvalue weighted by Gasteiger charge is -2.41. The molecule has 0 spiro atoms. The molecule has 1 fully saturated rings. The number of pyridine rings is 2. The Morgan fingerprint density at radius 1 is 0.969 bits per heavy atom. The summed E-state index contributed by atoms with van der Waals surface area (Å²) in [6.07, 6.45) is 7.01. The van der Waals surface area contributed by atoms with Crippen LogP contribution in [0, 0.1) is 0 Å². The van der Waals surface area contributed by atoms with E-state index in [-0.39, 0.29) is 5.54 Å². The van der Waals surface area contributed by atoms with Crippen molar-refractivity contribution in [2.24, 2.45) is 0 Å². The first-order valence-electron chi connectivity index (χ1n) is 10.8. The van der Waals surface area contributed by atoms with Crippen LogP contribution < -0.4 is 11.1 Å². The molecule has 8 heteroatoms. The van der Waals surface area contributed by atoms with Gasteiger partial charge >= 0.3 is 0 Å². The quantitative estimate of drug-likeness (QED) is 0.433. The Hall–Kier alpha value is -3.78. The first-order chi connectivity index (χ1) is 15.7. The standard InChI is InChI=1S/C24H26N8/c25-21-19(5-4-12-27-21)17-32-15-10-24(11-16-32,29-20-6-2-1-3-7-20)23-28-22(30-31-23)18-8-13-26-14-9-18/h1-9,12-14,29H,10-11,15-17H2,(H2,25,27)(H,28,30,31). The molecule has 4 heterocycles. The van der Waals surface area contributed by atoms with E-state index >= 15 is 0 Å². The number of aromatic amines is 1. The third kappa shape index (κ3) is 4.17. The summed E-state index contributed by atoms with van der Waals surface area (Å²) in [5, 5.41) is 11.5. The number of nitrogen functional groups attached to an aromatic ring is 1. The van der Waals surface area contributed by atoms with Crippen LogP contribution in [0.2, 0.25) is 0 Å². The second-order valence-electron chi connectivity index (χ2n) is 8.14. The minimum atomic E-state index is -0.337. The van der Waals surface area contributed by atoms with Crippen LogP contribution in [-0.4, -0.2) is 43.1 Å². The monoisotopic (exact) mass is 426 g/mol. The van der Waals surface area contributed by atoms with Gasteiger partial charge in [-0.05, 0) is 43.2 Å². The number of nitrogens with one attached hydrogen (secondary N) is 2. The molecule has 0 amide bonds. The van der Waals surface area contributed by atoms with E-state index in [1.54, 1.807) is 18.6 Å². The predicted molar refractivity (Wildman–Crippen MR) is 125 cm³/mol. The van der Waals surface area contributed by atoms with Crippen LogP contribution in [0.1, 0.15) is 24.2 Å². The van der Waals surface area contributed by atoms with Crippen molar-refractivity contribution in [3.8, 4) is 11.4 Å². The third-order valence-corrected chi connectivity index (χ3v) is 6.06. The number of rotatable bonds is 6. The molecule has 0 atom stereocenters. The van der Waals surface area contributed by atoms with E-state index < -0.39 is 0 Å². The Kier molecular flexibility index (Phi) is 5.51. The van der Waals surface area contributed by atoms with Gasteiger partial charge in [0.1, 0.15) is 5.82 Å². The zero-order valence-electron chi connectivity index (χ0n) is 17.8. The Labute approximate surface area is 186 Å². The number of benzene rings is 1. The minimum absolute atomic E-state index is 0.337. The Bertz CT molecular complexity index is 1150. The maximum absolute atomic E-state index is 6.06. The highest BCUT2D eigenvalue weighted by Gasteiger charge is 2.39. The van der Waals surface area contributed by atoms with E-state index in [9.17, 15) is 0 Å². The van der Waals surface area contributed by atoms with Gasteiger partial charge < -0.3 is 11.1 Å². The molecule has 8 nitrogen and oxygen atoms in total. The summed E-state index contributed by atoms with van der Waals surface area (Å²) in [6, 6.07) is 18.1. The topological polar surface area (TPSA) is 109 Å². The maximum Gasteiger partial charge on any atom is 0.181 e. The van der Waals surface area contributed by atoms with E-state index in [4.69, 9.17) is 10.7 Å². The van der Waals surface area contributed by atoms with E-state index in [0.717, 1.165) is 55.1 Å². The summed E-state index contributed by atoms with van der Waals surface area (Å²) in [6.45, 7) is 2.60. The van der Waals surface area contributed by atoms with Gasteiger partial charge in [-0.15, -0.1) is 0 Å². The fraction of sp³-hybridized carbons (Fsp3) is 0.250. The van der Waals surface area contributed by atoms with Crippen LogP contribution in [0.3, 0.4) is 0 Å². The summed E-state index contributed by atoms with van der Waals surface area (Å²) in [7, 11) is 0. The van der Waals surface area contributed by atoms with Crippen molar-refractivity contribution in [3.05, 3.63) is 84.6 Å². The van der Waals surface area contributed by atoms with E-state index in [0.29, 0.717) is 11.6 Å². The third-order valence-electron chi connectivity index (χ3n) is 6.06. The summed E-state index contributed by atoms with van der Waals surface area (Å²) in [4.78, 5) is 15.6. The molecule has 1 saturated heterocycles. The molecule has 0 unspecified atom stereocenters. The van der Waals surface area contributed by atoms with Gasteiger partial charge in [0, 0.05) is 55.0 Å². The lowest BCUT2D eigenvalue weighted by molar-refractivity contribution is 0.162. The molecule has 32 heavy (non-hydrogen) atoms. The number of nitrogens with two attached hydrogens (primary N) is 1. The molecular formula is C24H26N8. The Morgan fingerprint density at radius 2 is 1.75 bits per heavy atom. The van der Waals surface area contributed by atoms with Gasteiger partial charge in [-0.25, -0.2) is 9.97 Å². The molecule has 0 saturated carbocycles. The lowest BCUT2D eigenvalue weighted by atomic mass is 9.86. The molecule has 4 N–H and O–H groups in total. The number of anilines is 2. The highest BCUT2D eigenvalue weighted by Crippen LogP contribution is 2.36. The number of aromatic nitrogens is 5. The normalized spacial score (nSPS) is 16.0. The maximum atomic E-state index is 6.06. The SMILES string of the molecule is Nc1ncccc1CN1CCC(Nc2ccccc2)(c2nc(-c3ccncc3)n[nH]2)CC1. The number of para-hydroxylation sites is 1. The number of hydrogen-bond donors (Lipinski definition) is 3. The number of piperidine rings is 1. The highest BCUT2D eigenvalue weighted by molar-refractivity contribution is 5.54. The van der Waals surface area contributed by atoms with E-state index in [1.165, 1.54) is 0 Å². The zero-order valence-corrected chi connectivity index (χ0v) is 17.8. The van der Waals surface area contributed by atoms with Crippen LogP contribution in [-0.2, 0) is 12.1 Å².